The molecule has 18 heavy (non-hydrogen) atoms. The number of anilines is 2. The molecule has 1 aromatic carbocycles. The lowest BCUT2D eigenvalue weighted by Gasteiger charge is -2.07. The fourth-order valence-corrected chi connectivity index (χ4v) is 1.42. The molecule has 0 fully saturated rings. The van der Waals surface area contributed by atoms with Gasteiger partial charge in [-0.2, -0.15) is 0 Å². The van der Waals surface area contributed by atoms with Gasteiger partial charge in [0.15, 0.2) is 11.5 Å². The molecule has 0 spiro atoms. The van der Waals surface area contributed by atoms with E-state index in [9.17, 15) is 9.18 Å². The molecule has 0 aliphatic heterocycles. The molecule has 1 heterocycles. The summed E-state index contributed by atoms with van der Waals surface area (Å²) in [4.78, 5) is 18.0. The van der Waals surface area contributed by atoms with Crippen molar-refractivity contribution in [2.75, 3.05) is 5.32 Å². The molecule has 0 saturated heterocycles. The Morgan fingerprint density at radius 1 is 1.33 bits per heavy atom. The Kier molecular flexibility index (Phi) is 3.38. The standard InChI is InChI=1S/C11H7ClFN3O2/c12-6-2-1-3-7(10(6)13)16-9-5-14-8(4-15-9)11(17)18/h1-5H,(H,15,16)(H,17,18). The highest BCUT2D eigenvalue weighted by Gasteiger charge is 2.08. The third-order valence-electron chi connectivity index (χ3n) is 2.09. The zero-order valence-corrected chi connectivity index (χ0v) is 9.65. The molecular weight excluding hydrogens is 261 g/mol. The molecule has 0 amide bonds. The summed E-state index contributed by atoms with van der Waals surface area (Å²) < 4.78 is 13.6. The van der Waals surface area contributed by atoms with E-state index >= 15 is 0 Å². The topological polar surface area (TPSA) is 75.1 Å². The minimum Gasteiger partial charge on any atom is -0.476 e. The second kappa shape index (κ2) is 4.97. The number of aromatic carboxylic acids is 1. The number of rotatable bonds is 3. The highest BCUT2D eigenvalue weighted by atomic mass is 35.5. The van der Waals surface area contributed by atoms with Crippen LogP contribution < -0.4 is 5.32 Å². The van der Waals surface area contributed by atoms with Crippen molar-refractivity contribution in [3.63, 3.8) is 0 Å². The maximum atomic E-state index is 13.6. The monoisotopic (exact) mass is 267 g/mol. The van der Waals surface area contributed by atoms with Crippen LogP contribution in [0.25, 0.3) is 0 Å². The normalized spacial score (nSPS) is 10.1. The van der Waals surface area contributed by atoms with Crippen LogP contribution in [0.3, 0.4) is 0 Å². The van der Waals surface area contributed by atoms with Gasteiger partial charge in [0, 0.05) is 0 Å². The number of hydrogen-bond acceptors (Lipinski definition) is 4. The van der Waals surface area contributed by atoms with Gasteiger partial charge in [-0.1, -0.05) is 17.7 Å². The molecule has 0 atom stereocenters. The zero-order valence-electron chi connectivity index (χ0n) is 8.89. The Bertz CT molecular complexity index is 589. The van der Waals surface area contributed by atoms with Crippen molar-refractivity contribution in [2.24, 2.45) is 0 Å². The average molecular weight is 268 g/mol. The smallest absolute Gasteiger partial charge is 0.356 e. The quantitative estimate of drug-likeness (QED) is 0.894. The van der Waals surface area contributed by atoms with Gasteiger partial charge < -0.3 is 10.4 Å². The van der Waals surface area contributed by atoms with E-state index < -0.39 is 11.8 Å². The molecule has 0 aliphatic rings. The zero-order chi connectivity index (χ0) is 13.1. The summed E-state index contributed by atoms with van der Waals surface area (Å²) in [7, 11) is 0. The average Bonchev–Trinajstić information content (AvgIpc) is 2.36. The fourth-order valence-electron chi connectivity index (χ4n) is 1.24. The van der Waals surface area contributed by atoms with Crippen LogP contribution in [-0.4, -0.2) is 21.0 Å². The second-order valence-electron chi connectivity index (χ2n) is 3.32. The van der Waals surface area contributed by atoms with Crippen LogP contribution in [0.15, 0.2) is 30.6 Å². The Morgan fingerprint density at radius 3 is 2.72 bits per heavy atom. The number of carbonyl (C=O) groups is 1. The van der Waals surface area contributed by atoms with Gasteiger partial charge in [0.2, 0.25) is 0 Å². The van der Waals surface area contributed by atoms with Crippen molar-refractivity contribution < 1.29 is 14.3 Å². The number of halogens is 2. The van der Waals surface area contributed by atoms with Gasteiger partial charge in [0.05, 0.1) is 23.1 Å². The number of benzene rings is 1. The van der Waals surface area contributed by atoms with Gasteiger partial charge in [-0.3, -0.25) is 0 Å². The van der Waals surface area contributed by atoms with Gasteiger partial charge >= 0.3 is 5.97 Å². The Balaban J connectivity index is 2.24. The third kappa shape index (κ3) is 2.54. The van der Waals surface area contributed by atoms with E-state index in [1.54, 1.807) is 6.07 Å². The lowest BCUT2D eigenvalue weighted by Crippen LogP contribution is -2.03. The summed E-state index contributed by atoms with van der Waals surface area (Å²) in [5.74, 6) is -1.56. The van der Waals surface area contributed by atoms with Crippen LogP contribution in [0.1, 0.15) is 10.5 Å². The molecule has 1 aromatic heterocycles. The number of aromatic nitrogens is 2. The lowest BCUT2D eigenvalue weighted by atomic mass is 10.3. The predicted molar refractivity (Wildman–Crippen MR) is 63.7 cm³/mol. The SMILES string of the molecule is O=C(O)c1cnc(Nc2cccc(Cl)c2F)cn1. The molecule has 92 valence electrons. The summed E-state index contributed by atoms with van der Waals surface area (Å²) in [6.45, 7) is 0. The summed E-state index contributed by atoms with van der Waals surface area (Å²) in [5.41, 5.74) is -0.0491. The van der Waals surface area contributed by atoms with Crippen molar-refractivity contribution in [3.05, 3.63) is 47.1 Å². The first kappa shape index (κ1) is 12.3. The predicted octanol–water partition coefficient (Wildman–Crippen LogP) is 2.71. The number of nitrogens with one attached hydrogen (secondary N) is 1. The number of carboxylic acids is 1. The maximum Gasteiger partial charge on any atom is 0.356 e. The van der Waals surface area contributed by atoms with Crippen LogP contribution in [0.4, 0.5) is 15.9 Å². The van der Waals surface area contributed by atoms with E-state index in [0.29, 0.717) is 0 Å². The van der Waals surface area contributed by atoms with Crippen LogP contribution in [0.2, 0.25) is 5.02 Å². The lowest BCUT2D eigenvalue weighted by molar-refractivity contribution is 0.0690. The molecule has 2 N–H and O–H groups in total. The highest BCUT2D eigenvalue weighted by molar-refractivity contribution is 6.31. The van der Waals surface area contributed by atoms with E-state index in [1.807, 2.05) is 0 Å². The van der Waals surface area contributed by atoms with E-state index in [1.165, 1.54) is 18.3 Å². The molecule has 0 aliphatic carbocycles. The maximum absolute atomic E-state index is 13.6. The minimum absolute atomic E-state index is 0.0184. The van der Waals surface area contributed by atoms with Crippen LogP contribution >= 0.6 is 11.6 Å². The summed E-state index contributed by atoms with van der Waals surface area (Å²) in [6.07, 6.45) is 2.27. The van der Waals surface area contributed by atoms with E-state index in [0.717, 1.165) is 6.20 Å². The van der Waals surface area contributed by atoms with Gasteiger partial charge in [0.1, 0.15) is 5.82 Å². The van der Waals surface area contributed by atoms with E-state index in [-0.39, 0.29) is 22.2 Å². The number of hydrogen-bond donors (Lipinski definition) is 2. The largest absolute Gasteiger partial charge is 0.476 e. The molecule has 0 radical (unpaired) electrons. The van der Waals surface area contributed by atoms with E-state index in [2.05, 4.69) is 15.3 Å². The van der Waals surface area contributed by atoms with Crippen molar-refractivity contribution >= 4 is 29.1 Å². The summed E-state index contributed by atoms with van der Waals surface area (Å²) in [5, 5.41) is 11.3. The van der Waals surface area contributed by atoms with Gasteiger partial charge in [0.25, 0.3) is 0 Å². The van der Waals surface area contributed by atoms with Gasteiger partial charge in [-0.25, -0.2) is 19.2 Å². The van der Waals surface area contributed by atoms with E-state index in [4.69, 9.17) is 16.7 Å². The van der Waals surface area contributed by atoms with Crippen LogP contribution in [0.5, 0.6) is 0 Å². The second-order valence-corrected chi connectivity index (χ2v) is 3.73. The Hall–Kier alpha value is -2.21. The number of nitrogens with zero attached hydrogens (tertiary/aromatic N) is 2. The first-order valence-electron chi connectivity index (χ1n) is 4.84. The molecule has 0 unspecified atom stereocenters. The molecule has 5 nitrogen and oxygen atoms in total. The molecule has 2 rings (SSSR count). The Morgan fingerprint density at radius 2 is 2.11 bits per heavy atom. The fraction of sp³-hybridized carbons (Fsp3) is 0. The van der Waals surface area contributed by atoms with Gasteiger partial charge in [-0.15, -0.1) is 0 Å². The molecule has 0 saturated carbocycles. The van der Waals surface area contributed by atoms with Crippen LogP contribution in [-0.2, 0) is 0 Å². The van der Waals surface area contributed by atoms with Crippen molar-refractivity contribution in [1.82, 2.24) is 9.97 Å². The molecule has 2 aromatic rings. The van der Waals surface area contributed by atoms with Crippen molar-refractivity contribution in [2.45, 2.75) is 0 Å². The molecule has 7 heteroatoms. The minimum atomic E-state index is -1.18. The first-order chi connectivity index (χ1) is 8.58. The summed E-state index contributed by atoms with van der Waals surface area (Å²) >= 11 is 5.62. The highest BCUT2D eigenvalue weighted by Crippen LogP contribution is 2.24. The Labute approximate surface area is 106 Å². The number of carboxylic acid groups (broad SMARTS) is 1. The first-order valence-corrected chi connectivity index (χ1v) is 5.22. The molecule has 0 bridgehead atoms. The third-order valence-corrected chi connectivity index (χ3v) is 2.38. The van der Waals surface area contributed by atoms with Crippen LogP contribution in [0, 0.1) is 5.82 Å². The summed E-state index contributed by atoms with van der Waals surface area (Å²) in [6, 6.07) is 4.47. The molecular formula is C11H7ClFN3O2. The van der Waals surface area contributed by atoms with Crippen molar-refractivity contribution in [1.29, 1.82) is 0 Å². The van der Waals surface area contributed by atoms with Crippen molar-refractivity contribution in [3.8, 4) is 0 Å². The van der Waals surface area contributed by atoms with Gasteiger partial charge in [-0.05, 0) is 12.1 Å².